The third-order valence-corrected chi connectivity index (χ3v) is 5.48. The van der Waals surface area contributed by atoms with Crippen molar-refractivity contribution in [3.63, 3.8) is 0 Å². The molecule has 0 aliphatic carbocycles. The summed E-state index contributed by atoms with van der Waals surface area (Å²) in [6.07, 6.45) is -0.309. The summed E-state index contributed by atoms with van der Waals surface area (Å²) in [6.45, 7) is 5.79. The maximum Gasteiger partial charge on any atom is 0.405 e. The molecule has 2 amide bonds. The molecule has 1 atom stereocenters. The van der Waals surface area contributed by atoms with Crippen LogP contribution >= 0.6 is 0 Å². The molecule has 0 aromatic heterocycles. The molecule has 2 aromatic rings. The van der Waals surface area contributed by atoms with Crippen LogP contribution in [-0.4, -0.2) is 72.3 Å². The Bertz CT molecular complexity index is 945. The first-order valence-corrected chi connectivity index (χ1v) is 10.7. The van der Waals surface area contributed by atoms with Crippen LogP contribution < -0.4 is 10.1 Å². The number of piperazine rings is 1. The third kappa shape index (κ3) is 6.46. The highest BCUT2D eigenvalue weighted by Gasteiger charge is 2.25. The summed E-state index contributed by atoms with van der Waals surface area (Å²) in [7, 11) is 0. The van der Waals surface area contributed by atoms with Gasteiger partial charge in [0, 0.05) is 32.7 Å². The zero-order valence-electron chi connectivity index (χ0n) is 18.2. The quantitative estimate of drug-likeness (QED) is 0.617. The van der Waals surface area contributed by atoms with Crippen molar-refractivity contribution in [3.8, 4) is 22.9 Å². The van der Waals surface area contributed by atoms with Gasteiger partial charge in [0.2, 0.25) is 5.91 Å². The Morgan fingerprint density at radius 3 is 2.22 bits per heavy atom. The van der Waals surface area contributed by atoms with E-state index in [2.05, 4.69) is 16.3 Å². The van der Waals surface area contributed by atoms with E-state index in [4.69, 9.17) is 15.1 Å². The number of carbonyl (C=O) groups excluding carboxylic acids is 1. The smallest absolute Gasteiger partial charge is 0.405 e. The lowest BCUT2D eigenvalue weighted by molar-refractivity contribution is -0.134. The molecule has 8 nitrogen and oxygen atoms in total. The van der Waals surface area contributed by atoms with Crippen LogP contribution in [0.15, 0.2) is 48.5 Å². The zero-order valence-corrected chi connectivity index (χ0v) is 18.2. The predicted octanol–water partition coefficient (Wildman–Crippen LogP) is 2.79. The van der Waals surface area contributed by atoms with Gasteiger partial charge in [-0.05, 0) is 48.7 Å². The highest BCUT2D eigenvalue weighted by molar-refractivity contribution is 5.85. The lowest BCUT2D eigenvalue weighted by atomic mass is 10.0. The number of amides is 2. The predicted molar refractivity (Wildman–Crippen MR) is 120 cm³/mol. The van der Waals surface area contributed by atoms with Crippen molar-refractivity contribution in [1.82, 2.24) is 15.1 Å². The van der Waals surface area contributed by atoms with Crippen LogP contribution in [0, 0.1) is 11.3 Å². The summed E-state index contributed by atoms with van der Waals surface area (Å²) in [4.78, 5) is 26.9. The van der Waals surface area contributed by atoms with Gasteiger partial charge in [0.25, 0.3) is 0 Å². The van der Waals surface area contributed by atoms with Crippen LogP contribution in [-0.2, 0) is 4.79 Å². The molecule has 0 bridgehead atoms. The molecular formula is C24H28N4O4. The summed E-state index contributed by atoms with van der Waals surface area (Å²) < 4.78 is 5.85. The van der Waals surface area contributed by atoms with Crippen LogP contribution in [0.25, 0.3) is 11.1 Å². The lowest BCUT2D eigenvalue weighted by Crippen LogP contribution is -2.54. The number of rotatable bonds is 8. The number of nitriles is 1. The number of carboxylic acid groups (broad SMARTS) is 1. The van der Waals surface area contributed by atoms with Crippen molar-refractivity contribution >= 4 is 12.0 Å². The average Bonchev–Trinajstić information content (AvgIpc) is 2.82. The second-order valence-electron chi connectivity index (χ2n) is 7.75. The average molecular weight is 437 g/mol. The van der Waals surface area contributed by atoms with Gasteiger partial charge in [0.15, 0.2) is 0 Å². The summed E-state index contributed by atoms with van der Waals surface area (Å²) in [5.41, 5.74) is 2.77. The minimum absolute atomic E-state index is 0.181. The summed E-state index contributed by atoms with van der Waals surface area (Å²) >= 11 is 0. The first-order valence-electron chi connectivity index (χ1n) is 10.7. The Morgan fingerprint density at radius 1 is 1.06 bits per heavy atom. The Balaban J connectivity index is 1.36. The van der Waals surface area contributed by atoms with Crippen molar-refractivity contribution in [1.29, 1.82) is 5.26 Å². The van der Waals surface area contributed by atoms with Gasteiger partial charge in [0.1, 0.15) is 11.8 Å². The Labute approximate surface area is 188 Å². The standard InChI is InChI=1S/C24H28N4O4/c1-18(26-24(30)31)23(29)28-14-12-27(13-15-28)11-2-16-32-22-9-7-21(8-10-22)20-5-3-19(17-25)4-6-20/h3-10,18,26H,2,11-16H2,1H3,(H,30,31)/t18-/m1/s1. The van der Waals surface area contributed by atoms with E-state index in [1.165, 1.54) is 0 Å². The number of nitrogens with zero attached hydrogens (tertiary/aromatic N) is 3. The summed E-state index contributed by atoms with van der Waals surface area (Å²) in [5, 5.41) is 19.9. The number of carbonyl (C=O) groups is 2. The van der Waals surface area contributed by atoms with E-state index < -0.39 is 12.1 Å². The maximum atomic E-state index is 12.2. The van der Waals surface area contributed by atoms with Crippen LogP contribution in [0.2, 0.25) is 0 Å². The summed E-state index contributed by atoms with van der Waals surface area (Å²) in [5.74, 6) is 0.637. The van der Waals surface area contributed by atoms with Gasteiger partial charge < -0.3 is 20.1 Å². The first-order chi connectivity index (χ1) is 15.5. The molecule has 168 valence electrons. The molecule has 1 heterocycles. The van der Waals surface area contributed by atoms with Gasteiger partial charge in [-0.2, -0.15) is 5.26 Å². The van der Waals surface area contributed by atoms with Gasteiger partial charge in [-0.25, -0.2) is 4.79 Å². The van der Waals surface area contributed by atoms with Crippen molar-refractivity contribution in [3.05, 3.63) is 54.1 Å². The van der Waals surface area contributed by atoms with E-state index in [1.807, 2.05) is 48.5 Å². The van der Waals surface area contributed by atoms with E-state index in [1.54, 1.807) is 11.8 Å². The zero-order chi connectivity index (χ0) is 22.9. The minimum Gasteiger partial charge on any atom is -0.494 e. The highest BCUT2D eigenvalue weighted by Crippen LogP contribution is 2.23. The van der Waals surface area contributed by atoms with Crippen molar-refractivity contribution < 1.29 is 19.4 Å². The van der Waals surface area contributed by atoms with Crippen LogP contribution in [0.1, 0.15) is 18.9 Å². The number of benzene rings is 2. The van der Waals surface area contributed by atoms with Gasteiger partial charge in [-0.1, -0.05) is 24.3 Å². The number of hydrogen-bond donors (Lipinski definition) is 2. The topological polar surface area (TPSA) is 106 Å². The molecule has 1 aliphatic rings. The normalized spacial score (nSPS) is 14.9. The Hall–Kier alpha value is -3.57. The first kappa shape index (κ1) is 23.1. The monoisotopic (exact) mass is 436 g/mol. The van der Waals surface area contributed by atoms with E-state index >= 15 is 0 Å². The number of hydrogen-bond acceptors (Lipinski definition) is 5. The molecule has 0 radical (unpaired) electrons. The van der Waals surface area contributed by atoms with Gasteiger partial charge >= 0.3 is 6.09 Å². The molecule has 0 spiro atoms. The van der Waals surface area contributed by atoms with Crippen LogP contribution in [0.3, 0.4) is 0 Å². The Kier molecular flexibility index (Phi) is 8.06. The lowest BCUT2D eigenvalue weighted by Gasteiger charge is -2.35. The molecule has 32 heavy (non-hydrogen) atoms. The Morgan fingerprint density at radius 2 is 1.66 bits per heavy atom. The fourth-order valence-electron chi connectivity index (χ4n) is 3.67. The third-order valence-electron chi connectivity index (χ3n) is 5.48. The number of ether oxygens (including phenoxy) is 1. The second-order valence-corrected chi connectivity index (χ2v) is 7.75. The molecule has 2 aromatic carbocycles. The second kappa shape index (κ2) is 11.2. The van der Waals surface area contributed by atoms with Gasteiger partial charge in [0.05, 0.1) is 18.2 Å². The highest BCUT2D eigenvalue weighted by atomic mass is 16.5. The van der Waals surface area contributed by atoms with Crippen molar-refractivity contribution in [2.24, 2.45) is 0 Å². The van der Waals surface area contributed by atoms with Crippen LogP contribution in [0.5, 0.6) is 5.75 Å². The van der Waals surface area contributed by atoms with E-state index in [9.17, 15) is 9.59 Å². The molecule has 1 aliphatic heterocycles. The maximum absolute atomic E-state index is 12.2. The van der Waals surface area contributed by atoms with E-state index in [0.29, 0.717) is 25.3 Å². The molecule has 8 heteroatoms. The summed E-state index contributed by atoms with van der Waals surface area (Å²) in [6, 6.07) is 16.8. The fourth-order valence-corrected chi connectivity index (χ4v) is 3.67. The largest absolute Gasteiger partial charge is 0.494 e. The molecule has 0 unspecified atom stereocenters. The van der Waals surface area contributed by atoms with Crippen LogP contribution in [0.4, 0.5) is 4.79 Å². The SMILES string of the molecule is C[C@@H](NC(=O)O)C(=O)N1CCN(CCCOc2ccc(-c3ccc(C#N)cc3)cc2)CC1. The molecule has 0 saturated carbocycles. The fraction of sp³-hybridized carbons (Fsp3) is 0.375. The van der Waals surface area contributed by atoms with Gasteiger partial charge in [-0.3, -0.25) is 9.69 Å². The molecule has 3 rings (SSSR count). The molecule has 1 fully saturated rings. The minimum atomic E-state index is -1.19. The van der Waals surface area contributed by atoms with E-state index in [0.717, 1.165) is 42.9 Å². The molecular weight excluding hydrogens is 408 g/mol. The van der Waals surface area contributed by atoms with E-state index in [-0.39, 0.29) is 5.91 Å². The van der Waals surface area contributed by atoms with Crippen molar-refractivity contribution in [2.75, 3.05) is 39.3 Å². The molecule has 1 saturated heterocycles. The van der Waals surface area contributed by atoms with Gasteiger partial charge in [-0.15, -0.1) is 0 Å². The van der Waals surface area contributed by atoms with Crippen molar-refractivity contribution in [2.45, 2.75) is 19.4 Å². The number of nitrogens with one attached hydrogen (secondary N) is 1. The molecule has 2 N–H and O–H groups in total.